The molecule has 0 spiro atoms. The molecule has 1 N–H and O–H groups in total. The average Bonchev–Trinajstić information content (AvgIpc) is 2.21. The van der Waals surface area contributed by atoms with Crippen LogP contribution in [-0.4, -0.2) is 19.4 Å². The van der Waals surface area contributed by atoms with Gasteiger partial charge in [0.15, 0.2) is 0 Å². The molecule has 1 nitrogen and oxygen atoms in total. The van der Waals surface area contributed by atoms with Crippen molar-refractivity contribution < 1.29 is 0 Å². The van der Waals surface area contributed by atoms with Crippen molar-refractivity contribution in [2.75, 3.05) is 6.54 Å². The van der Waals surface area contributed by atoms with Crippen molar-refractivity contribution in [3.05, 3.63) is 0 Å². The number of nitrogens with one attached hydrogen (secondary N) is 1. The molecule has 0 fully saturated rings. The molecule has 1 radical (unpaired) electrons. The summed E-state index contributed by atoms with van der Waals surface area (Å²) >= 11 is 0. The molecule has 0 rings (SSSR count). The fourth-order valence-corrected chi connectivity index (χ4v) is 3.27. The van der Waals surface area contributed by atoms with E-state index < -0.39 is 0 Å². The molecule has 131 valence electrons. The predicted molar refractivity (Wildman–Crippen MR) is 104 cm³/mol. The van der Waals surface area contributed by atoms with Gasteiger partial charge in [-0.05, 0) is 38.0 Å². The Hall–Kier alpha value is 0.0249. The maximum Gasteiger partial charge on any atom is 0.124 e. The molecule has 0 aliphatic rings. The molecule has 0 aliphatic carbocycles. The van der Waals surface area contributed by atoms with Crippen molar-refractivity contribution in [3.63, 3.8) is 0 Å². The molecule has 0 bridgehead atoms. The molecular weight excluding hydrogens is 265 g/mol. The second-order valence-corrected chi connectivity index (χ2v) is 11.1. The van der Waals surface area contributed by atoms with Crippen LogP contribution < -0.4 is 5.32 Å². The lowest BCUT2D eigenvalue weighted by Gasteiger charge is -2.50. The second-order valence-electron chi connectivity index (χ2n) is 11.1. The van der Waals surface area contributed by atoms with E-state index in [2.05, 4.69) is 95.7 Å². The third-order valence-electron chi connectivity index (χ3n) is 5.20. The van der Waals surface area contributed by atoms with Crippen LogP contribution in [0.4, 0.5) is 0 Å². The second kappa shape index (κ2) is 6.87. The maximum atomic E-state index is 3.76. The van der Waals surface area contributed by atoms with Crippen LogP contribution in [0.5, 0.6) is 0 Å². The summed E-state index contributed by atoms with van der Waals surface area (Å²) in [6.45, 7) is 29.2. The number of rotatable bonds is 6. The van der Waals surface area contributed by atoms with E-state index >= 15 is 0 Å². The van der Waals surface area contributed by atoms with Crippen LogP contribution >= 0.6 is 0 Å². The van der Waals surface area contributed by atoms with Gasteiger partial charge in [0.2, 0.25) is 0 Å². The summed E-state index contributed by atoms with van der Waals surface area (Å²) in [5.41, 5.74) is 0.697. The van der Waals surface area contributed by atoms with Crippen molar-refractivity contribution in [2.24, 2.45) is 10.8 Å². The smallest absolute Gasteiger partial charge is 0.124 e. The molecular formula is C20H43BN. The van der Waals surface area contributed by atoms with Gasteiger partial charge in [-0.1, -0.05) is 79.4 Å². The molecule has 0 amide bonds. The summed E-state index contributed by atoms with van der Waals surface area (Å²) in [6, 6.07) is 0. The van der Waals surface area contributed by atoms with Gasteiger partial charge in [0.1, 0.15) is 7.28 Å². The van der Waals surface area contributed by atoms with Crippen LogP contribution in [0.3, 0.4) is 0 Å². The first-order chi connectivity index (χ1) is 9.43. The van der Waals surface area contributed by atoms with E-state index in [0.29, 0.717) is 0 Å². The minimum Gasteiger partial charge on any atom is -0.312 e. The van der Waals surface area contributed by atoms with E-state index in [0.717, 1.165) is 6.54 Å². The quantitative estimate of drug-likeness (QED) is 0.565. The minimum atomic E-state index is 0.170. The van der Waals surface area contributed by atoms with Crippen molar-refractivity contribution >= 4 is 7.28 Å². The van der Waals surface area contributed by atoms with Crippen molar-refractivity contribution in [1.82, 2.24) is 5.32 Å². The molecule has 0 aromatic carbocycles. The lowest BCUT2D eigenvalue weighted by molar-refractivity contribution is 0.0701. The molecule has 0 saturated heterocycles. The molecule has 22 heavy (non-hydrogen) atoms. The van der Waals surface area contributed by atoms with Crippen molar-refractivity contribution in [1.29, 1.82) is 0 Å². The molecule has 0 saturated carbocycles. The maximum absolute atomic E-state index is 3.76. The van der Waals surface area contributed by atoms with Crippen LogP contribution in [0.2, 0.25) is 10.6 Å². The molecule has 0 aliphatic heterocycles. The molecule has 2 unspecified atom stereocenters. The zero-order valence-electron chi connectivity index (χ0n) is 17.7. The summed E-state index contributed by atoms with van der Waals surface area (Å²) in [4.78, 5) is 0. The van der Waals surface area contributed by atoms with Crippen LogP contribution in [0.15, 0.2) is 0 Å². The summed E-state index contributed by atoms with van der Waals surface area (Å²) in [7, 11) is 2.58. The van der Waals surface area contributed by atoms with Crippen LogP contribution in [-0.2, 0) is 0 Å². The van der Waals surface area contributed by atoms with Crippen LogP contribution in [0, 0.1) is 10.8 Å². The summed E-state index contributed by atoms with van der Waals surface area (Å²) in [6.07, 6.45) is 2.42. The Morgan fingerprint density at radius 2 is 1.23 bits per heavy atom. The highest BCUT2D eigenvalue weighted by Gasteiger charge is 2.44. The monoisotopic (exact) mass is 308 g/mol. The SMILES string of the molecule is CCC(C)([B]C(C)(C)C)CC(C)(CNC(C)(C)C)C(C)(C)C. The largest absolute Gasteiger partial charge is 0.312 e. The summed E-state index contributed by atoms with van der Waals surface area (Å²) < 4.78 is 0. The third kappa shape index (κ3) is 7.53. The Kier molecular flexibility index (Phi) is 6.88. The molecule has 0 heterocycles. The molecule has 2 heteroatoms. The summed E-state index contributed by atoms with van der Waals surface area (Å²) in [5.74, 6) is 0. The van der Waals surface area contributed by atoms with E-state index in [4.69, 9.17) is 0 Å². The highest BCUT2D eigenvalue weighted by atomic mass is 15.0. The van der Waals surface area contributed by atoms with E-state index in [1.807, 2.05) is 0 Å². The Bertz CT molecular complexity index is 342. The zero-order valence-corrected chi connectivity index (χ0v) is 17.7. The first-order valence-corrected chi connectivity index (χ1v) is 9.05. The van der Waals surface area contributed by atoms with Gasteiger partial charge in [-0.2, -0.15) is 0 Å². The van der Waals surface area contributed by atoms with Crippen molar-refractivity contribution in [2.45, 2.75) is 112 Å². The van der Waals surface area contributed by atoms with E-state index in [9.17, 15) is 0 Å². The van der Waals surface area contributed by atoms with Gasteiger partial charge >= 0.3 is 0 Å². The van der Waals surface area contributed by atoms with Crippen LogP contribution in [0.1, 0.15) is 95.9 Å². The van der Waals surface area contributed by atoms with E-state index in [-0.39, 0.29) is 27.0 Å². The topological polar surface area (TPSA) is 12.0 Å². The van der Waals surface area contributed by atoms with Gasteiger partial charge in [0.25, 0.3) is 0 Å². The Morgan fingerprint density at radius 1 is 0.773 bits per heavy atom. The standard InChI is InChI=1S/C20H43BN/c1-13-20(12,21-17(5,6)7)14-19(11,16(2,3)4)15-22-18(8,9)10/h22H,13-15H2,1-12H3. The molecule has 2 atom stereocenters. The summed E-state index contributed by atoms with van der Waals surface area (Å²) in [5, 5.41) is 4.31. The Morgan fingerprint density at radius 3 is 1.50 bits per heavy atom. The first kappa shape index (κ1) is 22.0. The van der Waals surface area contributed by atoms with Gasteiger partial charge in [-0.3, -0.25) is 0 Å². The fraction of sp³-hybridized carbons (Fsp3) is 1.00. The zero-order chi connectivity index (χ0) is 18.0. The Labute approximate surface area is 142 Å². The molecule has 0 aromatic rings. The van der Waals surface area contributed by atoms with Crippen LogP contribution in [0.25, 0.3) is 0 Å². The minimum absolute atomic E-state index is 0.170. The number of hydrogen-bond donors (Lipinski definition) is 1. The molecule has 0 aromatic heterocycles. The number of hydrogen-bond acceptors (Lipinski definition) is 1. The fourth-order valence-electron chi connectivity index (χ4n) is 3.27. The van der Waals surface area contributed by atoms with E-state index in [1.54, 1.807) is 0 Å². The highest BCUT2D eigenvalue weighted by Crippen LogP contribution is 2.52. The van der Waals surface area contributed by atoms with E-state index in [1.165, 1.54) is 12.8 Å². The first-order valence-electron chi connectivity index (χ1n) is 9.05. The Balaban J connectivity index is 5.36. The van der Waals surface area contributed by atoms with Gasteiger partial charge < -0.3 is 5.32 Å². The van der Waals surface area contributed by atoms with Gasteiger partial charge in [0.05, 0.1) is 0 Å². The van der Waals surface area contributed by atoms with Gasteiger partial charge in [-0.25, -0.2) is 0 Å². The normalized spacial score (nSPS) is 19.5. The predicted octanol–water partition coefficient (Wildman–Crippen LogP) is 6.33. The average molecular weight is 308 g/mol. The lowest BCUT2D eigenvalue weighted by atomic mass is 9.37. The third-order valence-corrected chi connectivity index (χ3v) is 5.20. The van der Waals surface area contributed by atoms with Gasteiger partial charge in [0, 0.05) is 12.1 Å². The van der Waals surface area contributed by atoms with Crippen molar-refractivity contribution in [3.8, 4) is 0 Å². The highest BCUT2D eigenvalue weighted by molar-refractivity contribution is 6.43. The lowest BCUT2D eigenvalue weighted by Crippen LogP contribution is -2.49. The van der Waals surface area contributed by atoms with Gasteiger partial charge in [-0.15, -0.1) is 0 Å².